The van der Waals surface area contributed by atoms with Crippen molar-refractivity contribution in [3.63, 3.8) is 0 Å². The molecule has 0 saturated heterocycles. The van der Waals surface area contributed by atoms with Crippen molar-refractivity contribution in [2.24, 2.45) is 5.92 Å². The van der Waals surface area contributed by atoms with E-state index in [-0.39, 0.29) is 12.5 Å². The van der Waals surface area contributed by atoms with E-state index in [0.717, 1.165) is 0 Å². The molecule has 1 aromatic carbocycles. The van der Waals surface area contributed by atoms with E-state index in [0.29, 0.717) is 12.2 Å². The van der Waals surface area contributed by atoms with Crippen LogP contribution in [0.15, 0.2) is 30.3 Å². The average Bonchev–Trinajstić information content (AvgIpc) is 2.38. The largest absolute Gasteiger partial charge is 0.479 e. The number of carbonyl (C=O) groups excluding carboxylic acids is 1. The molecule has 0 aliphatic rings. The monoisotopic (exact) mass is 282 g/mol. The topological polar surface area (TPSA) is 65.0 Å². The summed E-state index contributed by atoms with van der Waals surface area (Å²) in [6.07, 6.45) is -0.553. The third kappa shape index (κ3) is 6.54. The fourth-order valence-corrected chi connectivity index (χ4v) is 1.68. The summed E-state index contributed by atoms with van der Waals surface area (Å²) in [6, 6.07) is 9.02. The molecule has 0 aliphatic heterocycles. The maximum absolute atomic E-state index is 11.6. The molecule has 0 fully saturated rings. The molecule has 1 rings (SSSR count). The Bertz CT molecular complexity index is 391. The van der Waals surface area contributed by atoms with Crippen molar-refractivity contribution >= 4 is 5.97 Å². The van der Waals surface area contributed by atoms with E-state index in [4.69, 9.17) is 9.62 Å². The van der Waals surface area contributed by atoms with Gasteiger partial charge in [0.05, 0.1) is 12.7 Å². The average molecular weight is 282 g/mol. The van der Waals surface area contributed by atoms with Crippen LogP contribution < -0.4 is 4.74 Å². The molecule has 20 heavy (non-hydrogen) atoms. The van der Waals surface area contributed by atoms with Crippen LogP contribution in [0.4, 0.5) is 0 Å². The lowest BCUT2D eigenvalue weighted by Gasteiger charge is -2.15. The van der Waals surface area contributed by atoms with Crippen LogP contribution >= 0.6 is 0 Å². The number of hydrogen-bond acceptors (Lipinski definition) is 5. The minimum atomic E-state index is -0.746. The SMILES string of the molecule is CC(O)CC(C)COOC(=O)C(C)Oc1ccccc1. The maximum Gasteiger partial charge on any atom is 0.382 e. The van der Waals surface area contributed by atoms with Crippen LogP contribution in [0.1, 0.15) is 27.2 Å². The first kappa shape index (κ1) is 16.5. The van der Waals surface area contributed by atoms with Gasteiger partial charge in [-0.3, -0.25) is 4.89 Å². The molecule has 0 aromatic heterocycles. The second-order valence-electron chi connectivity index (χ2n) is 4.95. The molecule has 112 valence electrons. The highest BCUT2D eigenvalue weighted by Crippen LogP contribution is 2.12. The molecule has 0 aliphatic carbocycles. The Hall–Kier alpha value is -1.59. The minimum Gasteiger partial charge on any atom is -0.479 e. The molecular formula is C15H22O5. The highest BCUT2D eigenvalue weighted by atomic mass is 17.2. The van der Waals surface area contributed by atoms with Crippen LogP contribution in [0.5, 0.6) is 5.75 Å². The number of aliphatic hydroxyl groups is 1. The molecular weight excluding hydrogens is 260 g/mol. The standard InChI is InChI=1S/C15H22O5/c1-11(9-12(2)16)10-18-20-15(17)13(3)19-14-7-5-4-6-8-14/h4-8,11-13,16H,9-10H2,1-3H3. The van der Waals surface area contributed by atoms with E-state index in [1.165, 1.54) is 0 Å². The van der Waals surface area contributed by atoms with Gasteiger partial charge in [0.1, 0.15) is 5.75 Å². The molecule has 1 N–H and O–H groups in total. The van der Waals surface area contributed by atoms with Gasteiger partial charge >= 0.3 is 5.97 Å². The van der Waals surface area contributed by atoms with Crippen LogP contribution in [0.2, 0.25) is 0 Å². The number of benzene rings is 1. The number of ether oxygens (including phenoxy) is 1. The second-order valence-corrected chi connectivity index (χ2v) is 4.95. The molecule has 0 spiro atoms. The first-order valence-corrected chi connectivity index (χ1v) is 6.72. The number of para-hydroxylation sites is 1. The summed E-state index contributed by atoms with van der Waals surface area (Å²) >= 11 is 0. The smallest absolute Gasteiger partial charge is 0.382 e. The van der Waals surface area contributed by atoms with Crippen LogP contribution in [0.3, 0.4) is 0 Å². The van der Waals surface area contributed by atoms with Gasteiger partial charge in [-0.2, -0.15) is 4.89 Å². The lowest BCUT2D eigenvalue weighted by molar-refractivity contribution is -0.282. The second kappa shape index (κ2) is 8.55. The summed E-state index contributed by atoms with van der Waals surface area (Å²) in [5.74, 6) is 0.116. The summed E-state index contributed by atoms with van der Waals surface area (Å²) in [5.41, 5.74) is 0. The summed E-state index contributed by atoms with van der Waals surface area (Å²) in [5, 5.41) is 9.20. The Morgan fingerprint density at radius 2 is 1.85 bits per heavy atom. The first-order chi connectivity index (χ1) is 9.49. The fraction of sp³-hybridized carbons (Fsp3) is 0.533. The van der Waals surface area contributed by atoms with Crippen molar-refractivity contribution < 1.29 is 24.4 Å². The van der Waals surface area contributed by atoms with Gasteiger partial charge in [-0.1, -0.05) is 25.1 Å². The van der Waals surface area contributed by atoms with E-state index < -0.39 is 18.2 Å². The van der Waals surface area contributed by atoms with Gasteiger partial charge in [-0.15, -0.1) is 0 Å². The minimum absolute atomic E-state index is 0.105. The Morgan fingerprint density at radius 1 is 1.20 bits per heavy atom. The lowest BCUT2D eigenvalue weighted by atomic mass is 10.1. The third-order valence-electron chi connectivity index (χ3n) is 2.63. The van der Waals surface area contributed by atoms with Gasteiger partial charge in [-0.25, -0.2) is 4.79 Å². The molecule has 0 radical (unpaired) electrons. The van der Waals surface area contributed by atoms with Gasteiger partial charge in [0, 0.05) is 0 Å². The normalized spacial score (nSPS) is 15.2. The fourth-order valence-electron chi connectivity index (χ4n) is 1.68. The van der Waals surface area contributed by atoms with E-state index in [9.17, 15) is 9.90 Å². The molecule has 0 saturated carbocycles. The van der Waals surface area contributed by atoms with Gasteiger partial charge in [-0.05, 0) is 38.3 Å². The van der Waals surface area contributed by atoms with Crippen LogP contribution in [-0.4, -0.2) is 29.9 Å². The number of rotatable bonds is 8. The van der Waals surface area contributed by atoms with E-state index in [2.05, 4.69) is 4.89 Å². The van der Waals surface area contributed by atoms with E-state index >= 15 is 0 Å². The zero-order valence-electron chi connectivity index (χ0n) is 12.1. The zero-order valence-corrected chi connectivity index (χ0v) is 12.1. The van der Waals surface area contributed by atoms with Crippen molar-refractivity contribution in [3.05, 3.63) is 30.3 Å². The molecule has 0 bridgehead atoms. The molecule has 0 heterocycles. The molecule has 0 amide bonds. The Morgan fingerprint density at radius 3 is 2.45 bits per heavy atom. The maximum atomic E-state index is 11.6. The molecule has 5 heteroatoms. The third-order valence-corrected chi connectivity index (χ3v) is 2.63. The molecule has 3 atom stereocenters. The predicted octanol–water partition coefficient (Wildman–Crippen LogP) is 2.34. The van der Waals surface area contributed by atoms with Gasteiger partial charge in [0.15, 0.2) is 6.10 Å². The number of aliphatic hydroxyl groups excluding tert-OH is 1. The summed E-state index contributed by atoms with van der Waals surface area (Å²) in [7, 11) is 0. The first-order valence-electron chi connectivity index (χ1n) is 6.72. The Labute approximate surface area is 119 Å². The highest BCUT2D eigenvalue weighted by Gasteiger charge is 2.18. The van der Waals surface area contributed by atoms with Gasteiger partial charge < -0.3 is 9.84 Å². The summed E-state index contributed by atoms with van der Waals surface area (Å²) in [4.78, 5) is 21.2. The number of hydrogen-bond donors (Lipinski definition) is 1. The van der Waals surface area contributed by atoms with Crippen LogP contribution in [0.25, 0.3) is 0 Å². The lowest BCUT2D eigenvalue weighted by Crippen LogP contribution is -2.27. The Balaban J connectivity index is 2.25. The van der Waals surface area contributed by atoms with Crippen molar-refractivity contribution in [1.82, 2.24) is 0 Å². The molecule has 1 aromatic rings. The summed E-state index contributed by atoms with van der Waals surface area (Å²) in [6.45, 7) is 5.45. The quantitative estimate of drug-likeness (QED) is 0.585. The van der Waals surface area contributed by atoms with Crippen molar-refractivity contribution in [3.8, 4) is 5.75 Å². The number of carbonyl (C=O) groups is 1. The summed E-state index contributed by atoms with van der Waals surface area (Å²) < 4.78 is 5.40. The predicted molar refractivity (Wildman–Crippen MR) is 74.0 cm³/mol. The van der Waals surface area contributed by atoms with Crippen molar-refractivity contribution in [2.45, 2.75) is 39.4 Å². The van der Waals surface area contributed by atoms with Crippen LogP contribution in [-0.2, 0) is 14.6 Å². The van der Waals surface area contributed by atoms with Gasteiger partial charge in [0.2, 0.25) is 0 Å². The van der Waals surface area contributed by atoms with Crippen molar-refractivity contribution in [1.29, 1.82) is 0 Å². The molecule has 3 unspecified atom stereocenters. The van der Waals surface area contributed by atoms with E-state index in [1.54, 1.807) is 26.0 Å². The van der Waals surface area contributed by atoms with Crippen LogP contribution in [0, 0.1) is 5.92 Å². The van der Waals surface area contributed by atoms with Gasteiger partial charge in [0.25, 0.3) is 0 Å². The molecule has 5 nitrogen and oxygen atoms in total. The zero-order chi connectivity index (χ0) is 15.0. The van der Waals surface area contributed by atoms with E-state index in [1.807, 2.05) is 25.1 Å². The van der Waals surface area contributed by atoms with Crippen molar-refractivity contribution in [2.75, 3.05) is 6.61 Å². The highest BCUT2D eigenvalue weighted by molar-refractivity contribution is 5.74. The Kier molecular flexibility index (Phi) is 7.04.